The highest BCUT2D eigenvalue weighted by Crippen LogP contribution is 2.26. The highest BCUT2D eigenvalue weighted by molar-refractivity contribution is 6.31. The molecule has 0 saturated carbocycles. The minimum atomic E-state index is -0.198. The predicted octanol–water partition coefficient (Wildman–Crippen LogP) is 5.49. The molecule has 0 aliphatic rings. The second kappa shape index (κ2) is 7.12. The molecule has 1 aromatic heterocycles. The Bertz CT molecular complexity index is 869. The SMILES string of the molecule is Cc1oc(-c2ccc(Cl)cc2)cc1C(=O)NCc1ccccc1Cl. The van der Waals surface area contributed by atoms with Crippen LogP contribution in [-0.4, -0.2) is 5.91 Å². The van der Waals surface area contributed by atoms with Crippen LogP contribution in [-0.2, 0) is 6.54 Å². The van der Waals surface area contributed by atoms with E-state index in [2.05, 4.69) is 5.32 Å². The zero-order valence-corrected chi connectivity index (χ0v) is 14.5. The van der Waals surface area contributed by atoms with Gasteiger partial charge in [0, 0.05) is 22.2 Å². The van der Waals surface area contributed by atoms with Gasteiger partial charge >= 0.3 is 0 Å². The normalized spacial score (nSPS) is 10.6. The molecule has 1 heterocycles. The van der Waals surface area contributed by atoms with Gasteiger partial charge in [-0.25, -0.2) is 0 Å². The van der Waals surface area contributed by atoms with Gasteiger partial charge in [0.15, 0.2) is 0 Å². The summed E-state index contributed by atoms with van der Waals surface area (Å²) >= 11 is 12.0. The molecule has 2 aromatic carbocycles. The molecule has 1 N–H and O–H groups in total. The van der Waals surface area contributed by atoms with E-state index in [0.717, 1.165) is 11.1 Å². The molecule has 0 saturated heterocycles. The van der Waals surface area contributed by atoms with Crippen molar-refractivity contribution >= 4 is 29.1 Å². The van der Waals surface area contributed by atoms with Crippen LogP contribution in [0.25, 0.3) is 11.3 Å². The van der Waals surface area contributed by atoms with E-state index in [-0.39, 0.29) is 5.91 Å². The first-order chi connectivity index (χ1) is 11.5. The molecule has 0 fully saturated rings. The third kappa shape index (κ3) is 3.64. The van der Waals surface area contributed by atoms with Crippen molar-refractivity contribution in [1.82, 2.24) is 5.32 Å². The van der Waals surface area contributed by atoms with Gasteiger partial charge in [-0.15, -0.1) is 0 Å². The monoisotopic (exact) mass is 359 g/mol. The molecule has 0 aliphatic carbocycles. The van der Waals surface area contributed by atoms with E-state index < -0.39 is 0 Å². The summed E-state index contributed by atoms with van der Waals surface area (Å²) in [6.45, 7) is 2.13. The minimum absolute atomic E-state index is 0.198. The molecule has 0 aliphatic heterocycles. The summed E-state index contributed by atoms with van der Waals surface area (Å²) in [6.07, 6.45) is 0. The van der Waals surface area contributed by atoms with Gasteiger partial charge in [0.25, 0.3) is 5.91 Å². The number of halogens is 2. The van der Waals surface area contributed by atoms with Gasteiger partial charge in [-0.1, -0.05) is 41.4 Å². The standard InChI is InChI=1S/C19H15Cl2NO2/c1-12-16(10-18(24-12)13-6-8-15(20)9-7-13)19(23)22-11-14-4-2-3-5-17(14)21/h2-10H,11H2,1H3,(H,22,23). The first-order valence-electron chi connectivity index (χ1n) is 7.42. The zero-order valence-electron chi connectivity index (χ0n) is 13.0. The Morgan fingerprint density at radius 1 is 1.08 bits per heavy atom. The Morgan fingerprint density at radius 2 is 1.79 bits per heavy atom. The van der Waals surface area contributed by atoms with Crippen LogP contribution in [0.4, 0.5) is 0 Å². The van der Waals surface area contributed by atoms with E-state index in [9.17, 15) is 4.79 Å². The van der Waals surface area contributed by atoms with Crippen molar-refractivity contribution in [2.75, 3.05) is 0 Å². The Hall–Kier alpha value is -2.23. The van der Waals surface area contributed by atoms with Crippen molar-refractivity contribution in [3.05, 3.63) is 81.5 Å². The summed E-state index contributed by atoms with van der Waals surface area (Å²) in [7, 11) is 0. The van der Waals surface area contributed by atoms with Gasteiger partial charge in [-0.05, 0) is 48.9 Å². The van der Waals surface area contributed by atoms with E-state index in [0.29, 0.717) is 33.7 Å². The number of rotatable bonds is 4. The lowest BCUT2D eigenvalue weighted by Gasteiger charge is -2.06. The van der Waals surface area contributed by atoms with Gasteiger partial charge in [-0.3, -0.25) is 4.79 Å². The molecule has 0 spiro atoms. The fourth-order valence-electron chi connectivity index (χ4n) is 2.38. The van der Waals surface area contributed by atoms with Gasteiger partial charge in [0.05, 0.1) is 5.56 Å². The highest BCUT2D eigenvalue weighted by Gasteiger charge is 2.16. The second-order valence-electron chi connectivity index (χ2n) is 5.36. The Labute approximate surface area is 150 Å². The number of hydrogen-bond donors (Lipinski definition) is 1. The van der Waals surface area contributed by atoms with Gasteiger partial charge in [-0.2, -0.15) is 0 Å². The molecule has 3 rings (SSSR count). The largest absolute Gasteiger partial charge is 0.461 e. The quantitative estimate of drug-likeness (QED) is 0.668. The van der Waals surface area contributed by atoms with Crippen LogP contribution in [0, 0.1) is 6.92 Å². The molecule has 0 radical (unpaired) electrons. The fourth-order valence-corrected chi connectivity index (χ4v) is 2.70. The van der Waals surface area contributed by atoms with Crippen LogP contribution in [0.15, 0.2) is 59.0 Å². The Kier molecular flexibility index (Phi) is 4.93. The molecular weight excluding hydrogens is 345 g/mol. The van der Waals surface area contributed by atoms with Gasteiger partial charge < -0.3 is 9.73 Å². The van der Waals surface area contributed by atoms with Crippen LogP contribution in [0.1, 0.15) is 21.7 Å². The molecule has 0 atom stereocenters. The summed E-state index contributed by atoms with van der Waals surface area (Å²) in [5, 5.41) is 4.15. The van der Waals surface area contributed by atoms with Gasteiger partial charge in [0.2, 0.25) is 0 Å². The van der Waals surface area contributed by atoms with E-state index in [1.165, 1.54) is 0 Å². The maximum absolute atomic E-state index is 12.4. The highest BCUT2D eigenvalue weighted by atomic mass is 35.5. The third-order valence-electron chi connectivity index (χ3n) is 3.69. The molecule has 0 bridgehead atoms. The maximum atomic E-state index is 12.4. The van der Waals surface area contributed by atoms with Crippen molar-refractivity contribution < 1.29 is 9.21 Å². The van der Waals surface area contributed by atoms with Crippen LogP contribution in [0.5, 0.6) is 0 Å². The number of benzene rings is 2. The number of aryl methyl sites for hydroxylation is 1. The predicted molar refractivity (Wildman–Crippen MR) is 96.5 cm³/mol. The topological polar surface area (TPSA) is 42.2 Å². The average molecular weight is 360 g/mol. The minimum Gasteiger partial charge on any atom is -0.461 e. The number of amides is 1. The third-order valence-corrected chi connectivity index (χ3v) is 4.31. The first-order valence-corrected chi connectivity index (χ1v) is 8.18. The number of carbonyl (C=O) groups is 1. The van der Waals surface area contributed by atoms with Crippen molar-refractivity contribution in [1.29, 1.82) is 0 Å². The number of nitrogens with one attached hydrogen (secondary N) is 1. The number of carbonyl (C=O) groups excluding carboxylic acids is 1. The van der Waals surface area contributed by atoms with Crippen molar-refractivity contribution in [2.24, 2.45) is 0 Å². The lowest BCUT2D eigenvalue weighted by atomic mass is 10.1. The number of hydrogen-bond acceptors (Lipinski definition) is 2. The summed E-state index contributed by atoms with van der Waals surface area (Å²) in [5.41, 5.74) is 2.24. The molecular formula is C19H15Cl2NO2. The van der Waals surface area contributed by atoms with E-state index >= 15 is 0 Å². The maximum Gasteiger partial charge on any atom is 0.255 e. The first kappa shape index (κ1) is 16.6. The van der Waals surface area contributed by atoms with Crippen LogP contribution in [0.3, 0.4) is 0 Å². The van der Waals surface area contributed by atoms with Crippen molar-refractivity contribution in [2.45, 2.75) is 13.5 Å². The van der Waals surface area contributed by atoms with Crippen LogP contribution >= 0.6 is 23.2 Å². The summed E-state index contributed by atoms with van der Waals surface area (Å²) in [5.74, 6) is 1.00. The molecule has 3 nitrogen and oxygen atoms in total. The number of furan rings is 1. The molecule has 1 amide bonds. The van der Waals surface area contributed by atoms with E-state index in [1.54, 1.807) is 31.2 Å². The van der Waals surface area contributed by atoms with E-state index in [1.807, 2.05) is 30.3 Å². The average Bonchev–Trinajstić information content (AvgIpc) is 2.96. The van der Waals surface area contributed by atoms with Crippen LogP contribution < -0.4 is 5.32 Å². The summed E-state index contributed by atoms with van der Waals surface area (Å²) in [4.78, 5) is 12.4. The molecule has 24 heavy (non-hydrogen) atoms. The smallest absolute Gasteiger partial charge is 0.255 e. The summed E-state index contributed by atoms with van der Waals surface area (Å²) in [6, 6.07) is 16.4. The molecule has 5 heteroatoms. The van der Waals surface area contributed by atoms with Crippen molar-refractivity contribution in [3.63, 3.8) is 0 Å². The van der Waals surface area contributed by atoms with E-state index in [4.69, 9.17) is 27.6 Å². The zero-order chi connectivity index (χ0) is 17.1. The Balaban J connectivity index is 1.76. The summed E-state index contributed by atoms with van der Waals surface area (Å²) < 4.78 is 5.71. The lowest BCUT2D eigenvalue weighted by molar-refractivity contribution is 0.0949. The molecule has 122 valence electrons. The molecule has 3 aromatic rings. The fraction of sp³-hybridized carbons (Fsp3) is 0.105. The molecule has 0 unspecified atom stereocenters. The second-order valence-corrected chi connectivity index (χ2v) is 6.21. The van der Waals surface area contributed by atoms with Gasteiger partial charge in [0.1, 0.15) is 11.5 Å². The lowest BCUT2D eigenvalue weighted by Crippen LogP contribution is -2.23. The van der Waals surface area contributed by atoms with Crippen molar-refractivity contribution in [3.8, 4) is 11.3 Å². The van der Waals surface area contributed by atoms with Crippen LogP contribution in [0.2, 0.25) is 10.0 Å². The Morgan fingerprint density at radius 3 is 2.50 bits per heavy atom.